The van der Waals surface area contributed by atoms with Crippen molar-refractivity contribution in [3.05, 3.63) is 64.7 Å². The summed E-state index contributed by atoms with van der Waals surface area (Å²) in [7, 11) is 0. The lowest BCUT2D eigenvalue weighted by Gasteiger charge is -2.23. The van der Waals surface area contributed by atoms with E-state index in [4.69, 9.17) is 16.9 Å². The first-order chi connectivity index (χ1) is 12.3. The Bertz CT molecular complexity index is 839. The Morgan fingerprint density at radius 2 is 1.73 bits per heavy atom. The third-order valence-corrected chi connectivity index (χ3v) is 4.30. The second-order valence-corrected chi connectivity index (χ2v) is 6.81. The predicted octanol–water partition coefficient (Wildman–Crippen LogP) is 3.54. The van der Waals surface area contributed by atoms with Gasteiger partial charge in [-0.3, -0.25) is 9.59 Å². The number of nitriles is 1. The first-order valence-corrected chi connectivity index (χ1v) is 8.55. The second-order valence-electron chi connectivity index (χ2n) is 6.37. The van der Waals surface area contributed by atoms with Crippen molar-refractivity contribution >= 4 is 29.1 Å². The van der Waals surface area contributed by atoms with Gasteiger partial charge in [-0.05, 0) is 50.1 Å². The maximum absolute atomic E-state index is 12.5. The fourth-order valence-corrected chi connectivity index (χ4v) is 2.39. The Hall–Kier alpha value is -2.84. The van der Waals surface area contributed by atoms with Crippen LogP contribution in [0.5, 0.6) is 0 Å². The third-order valence-electron chi connectivity index (χ3n) is 4.04. The summed E-state index contributed by atoms with van der Waals surface area (Å²) in [5.41, 5.74) is 0.504. The lowest BCUT2D eigenvalue weighted by atomic mass is 9.90. The van der Waals surface area contributed by atoms with Crippen LogP contribution in [0.1, 0.15) is 25.0 Å². The Labute approximate surface area is 158 Å². The van der Waals surface area contributed by atoms with E-state index in [0.29, 0.717) is 29.2 Å². The number of carbonyl (C=O) groups is 2. The van der Waals surface area contributed by atoms with Crippen molar-refractivity contribution < 1.29 is 9.59 Å². The number of anilines is 1. The standard InChI is InChI=1S/C20H20ClN3O2/c1-20(2,19(26)24-17-6-4-3-5-15(17)13-22)18(25)23-12-11-14-7-9-16(21)10-8-14/h3-10H,11-12H2,1-2H3,(H,23,25)(H,24,26). The van der Waals surface area contributed by atoms with Crippen molar-refractivity contribution in [2.45, 2.75) is 20.3 Å². The number of hydrogen-bond donors (Lipinski definition) is 2. The molecule has 26 heavy (non-hydrogen) atoms. The number of para-hydroxylation sites is 1. The zero-order valence-electron chi connectivity index (χ0n) is 14.7. The molecular formula is C20H20ClN3O2. The fourth-order valence-electron chi connectivity index (χ4n) is 2.26. The molecule has 2 aromatic rings. The summed E-state index contributed by atoms with van der Waals surface area (Å²) in [5.74, 6) is -0.845. The number of halogens is 1. The Balaban J connectivity index is 1.94. The molecule has 0 spiro atoms. The van der Waals surface area contributed by atoms with Gasteiger partial charge in [-0.2, -0.15) is 5.26 Å². The number of nitrogens with one attached hydrogen (secondary N) is 2. The highest BCUT2D eigenvalue weighted by Crippen LogP contribution is 2.21. The molecule has 0 atom stereocenters. The van der Waals surface area contributed by atoms with Gasteiger partial charge < -0.3 is 10.6 Å². The van der Waals surface area contributed by atoms with Crippen LogP contribution in [0, 0.1) is 16.7 Å². The van der Waals surface area contributed by atoms with Crippen molar-refractivity contribution in [1.29, 1.82) is 5.26 Å². The van der Waals surface area contributed by atoms with E-state index < -0.39 is 11.3 Å². The van der Waals surface area contributed by atoms with Crippen LogP contribution in [0.15, 0.2) is 48.5 Å². The summed E-state index contributed by atoms with van der Waals surface area (Å²) >= 11 is 5.84. The Morgan fingerprint density at radius 1 is 1.08 bits per heavy atom. The lowest BCUT2D eigenvalue weighted by molar-refractivity contribution is -0.138. The van der Waals surface area contributed by atoms with Gasteiger partial charge in [-0.1, -0.05) is 35.9 Å². The number of carbonyl (C=O) groups excluding carboxylic acids is 2. The Morgan fingerprint density at radius 3 is 2.38 bits per heavy atom. The molecular weight excluding hydrogens is 350 g/mol. The lowest BCUT2D eigenvalue weighted by Crippen LogP contribution is -2.45. The second kappa shape index (κ2) is 8.50. The predicted molar refractivity (Wildman–Crippen MR) is 102 cm³/mol. The number of benzene rings is 2. The maximum Gasteiger partial charge on any atom is 0.239 e. The topological polar surface area (TPSA) is 82.0 Å². The van der Waals surface area contributed by atoms with E-state index in [0.717, 1.165) is 5.56 Å². The highest BCUT2D eigenvalue weighted by Gasteiger charge is 2.36. The summed E-state index contributed by atoms with van der Waals surface area (Å²) in [5, 5.41) is 15.2. The summed E-state index contributed by atoms with van der Waals surface area (Å²) in [4.78, 5) is 25.0. The monoisotopic (exact) mass is 369 g/mol. The average Bonchev–Trinajstić information content (AvgIpc) is 2.63. The van der Waals surface area contributed by atoms with E-state index in [9.17, 15) is 9.59 Å². The van der Waals surface area contributed by atoms with Crippen molar-refractivity contribution in [3.8, 4) is 6.07 Å². The van der Waals surface area contributed by atoms with Gasteiger partial charge in [0.2, 0.25) is 11.8 Å². The van der Waals surface area contributed by atoms with E-state index in [1.54, 1.807) is 50.2 Å². The minimum atomic E-state index is -1.28. The number of hydrogen-bond acceptors (Lipinski definition) is 3. The van der Waals surface area contributed by atoms with Crippen LogP contribution in [0.3, 0.4) is 0 Å². The molecule has 0 aromatic heterocycles. The van der Waals surface area contributed by atoms with Gasteiger partial charge in [0.25, 0.3) is 0 Å². The zero-order chi connectivity index (χ0) is 19.2. The number of rotatable bonds is 6. The molecule has 2 amide bonds. The largest absolute Gasteiger partial charge is 0.355 e. The molecule has 0 saturated carbocycles. The average molecular weight is 370 g/mol. The summed E-state index contributed by atoms with van der Waals surface area (Å²) in [6.45, 7) is 3.51. The summed E-state index contributed by atoms with van der Waals surface area (Å²) in [6.07, 6.45) is 0.637. The number of nitrogens with zero attached hydrogens (tertiary/aromatic N) is 1. The molecule has 2 aromatic carbocycles. The van der Waals surface area contributed by atoms with Gasteiger partial charge in [-0.15, -0.1) is 0 Å². The normalized spacial score (nSPS) is 10.7. The smallest absolute Gasteiger partial charge is 0.239 e. The molecule has 134 valence electrons. The molecule has 0 fully saturated rings. The SMILES string of the molecule is CC(C)(C(=O)NCCc1ccc(Cl)cc1)C(=O)Nc1ccccc1C#N. The molecule has 0 aliphatic heterocycles. The molecule has 0 radical (unpaired) electrons. The van der Waals surface area contributed by atoms with Crippen LogP contribution in [0.2, 0.25) is 5.02 Å². The fraction of sp³-hybridized carbons (Fsp3) is 0.250. The summed E-state index contributed by atoms with van der Waals surface area (Å²) in [6, 6.07) is 16.1. The van der Waals surface area contributed by atoms with E-state index >= 15 is 0 Å². The van der Waals surface area contributed by atoms with Crippen LogP contribution >= 0.6 is 11.6 Å². The molecule has 0 unspecified atom stereocenters. The van der Waals surface area contributed by atoms with Gasteiger partial charge in [0.15, 0.2) is 0 Å². The first-order valence-electron chi connectivity index (χ1n) is 8.18. The highest BCUT2D eigenvalue weighted by molar-refractivity contribution is 6.30. The van der Waals surface area contributed by atoms with Gasteiger partial charge in [-0.25, -0.2) is 0 Å². The van der Waals surface area contributed by atoms with Crippen LogP contribution < -0.4 is 10.6 Å². The third kappa shape index (κ3) is 4.84. The van der Waals surface area contributed by atoms with Gasteiger partial charge in [0.1, 0.15) is 11.5 Å². The van der Waals surface area contributed by atoms with Gasteiger partial charge in [0, 0.05) is 11.6 Å². The van der Waals surface area contributed by atoms with E-state index in [1.165, 1.54) is 0 Å². The van der Waals surface area contributed by atoms with Crippen molar-refractivity contribution in [1.82, 2.24) is 5.32 Å². The van der Waals surface area contributed by atoms with Crippen molar-refractivity contribution in [2.24, 2.45) is 5.41 Å². The molecule has 0 bridgehead atoms. The van der Waals surface area contributed by atoms with Gasteiger partial charge in [0.05, 0.1) is 11.3 Å². The zero-order valence-corrected chi connectivity index (χ0v) is 15.4. The first kappa shape index (κ1) is 19.5. The van der Waals surface area contributed by atoms with Crippen molar-refractivity contribution in [3.63, 3.8) is 0 Å². The number of amides is 2. The molecule has 2 N–H and O–H groups in total. The van der Waals surface area contributed by atoms with Crippen LogP contribution in [-0.2, 0) is 16.0 Å². The molecule has 5 nitrogen and oxygen atoms in total. The molecule has 0 aliphatic rings. The Kier molecular flexibility index (Phi) is 6.37. The molecule has 0 heterocycles. The van der Waals surface area contributed by atoms with Gasteiger partial charge >= 0.3 is 0 Å². The van der Waals surface area contributed by atoms with Crippen LogP contribution in [0.25, 0.3) is 0 Å². The summed E-state index contributed by atoms with van der Waals surface area (Å²) < 4.78 is 0. The quantitative estimate of drug-likeness (QED) is 0.764. The molecule has 0 aliphatic carbocycles. The molecule has 0 saturated heterocycles. The molecule has 2 rings (SSSR count). The maximum atomic E-state index is 12.5. The van der Waals surface area contributed by atoms with Crippen LogP contribution in [-0.4, -0.2) is 18.4 Å². The van der Waals surface area contributed by atoms with E-state index in [2.05, 4.69) is 10.6 Å². The van der Waals surface area contributed by atoms with E-state index in [-0.39, 0.29) is 5.91 Å². The van der Waals surface area contributed by atoms with Crippen LogP contribution in [0.4, 0.5) is 5.69 Å². The van der Waals surface area contributed by atoms with E-state index in [1.807, 2.05) is 18.2 Å². The van der Waals surface area contributed by atoms with Crippen molar-refractivity contribution in [2.75, 3.05) is 11.9 Å². The highest BCUT2D eigenvalue weighted by atomic mass is 35.5. The molecule has 6 heteroatoms. The minimum Gasteiger partial charge on any atom is -0.355 e. The minimum absolute atomic E-state index is 0.347.